The fourth-order valence-corrected chi connectivity index (χ4v) is 1.69. The van der Waals surface area contributed by atoms with Crippen molar-refractivity contribution in [3.63, 3.8) is 0 Å². The molecule has 1 rings (SSSR count). The SMILES string of the molecule is COc1ccc(NC(C)C)c(I)c1. The van der Waals surface area contributed by atoms with Gasteiger partial charge in [0.15, 0.2) is 0 Å². The van der Waals surface area contributed by atoms with Crippen LogP contribution in [0.5, 0.6) is 5.75 Å². The minimum absolute atomic E-state index is 0.460. The number of halogens is 1. The molecule has 0 aliphatic carbocycles. The molecule has 3 heteroatoms. The van der Waals surface area contributed by atoms with E-state index < -0.39 is 0 Å². The number of methoxy groups -OCH3 is 1. The lowest BCUT2D eigenvalue weighted by Gasteiger charge is -2.12. The summed E-state index contributed by atoms with van der Waals surface area (Å²) in [4.78, 5) is 0. The van der Waals surface area contributed by atoms with Gasteiger partial charge in [0.25, 0.3) is 0 Å². The van der Waals surface area contributed by atoms with Crippen LogP contribution in [0.25, 0.3) is 0 Å². The summed E-state index contributed by atoms with van der Waals surface area (Å²) < 4.78 is 6.31. The van der Waals surface area contributed by atoms with Crippen molar-refractivity contribution in [1.82, 2.24) is 0 Å². The number of ether oxygens (including phenoxy) is 1. The van der Waals surface area contributed by atoms with Crippen molar-refractivity contribution >= 4 is 28.3 Å². The molecule has 0 saturated carbocycles. The fourth-order valence-electron chi connectivity index (χ4n) is 1.05. The van der Waals surface area contributed by atoms with Gasteiger partial charge in [-0.1, -0.05) is 0 Å². The van der Waals surface area contributed by atoms with E-state index in [-0.39, 0.29) is 0 Å². The van der Waals surface area contributed by atoms with Crippen molar-refractivity contribution in [2.45, 2.75) is 19.9 Å². The normalized spacial score (nSPS) is 10.2. The predicted molar refractivity (Wildman–Crippen MR) is 64.5 cm³/mol. The summed E-state index contributed by atoms with van der Waals surface area (Å²) in [6.07, 6.45) is 0. The molecule has 1 aromatic carbocycles. The molecule has 13 heavy (non-hydrogen) atoms. The van der Waals surface area contributed by atoms with E-state index in [0.29, 0.717) is 6.04 Å². The van der Waals surface area contributed by atoms with E-state index in [1.165, 1.54) is 3.57 Å². The van der Waals surface area contributed by atoms with Crippen LogP contribution in [0.15, 0.2) is 18.2 Å². The fraction of sp³-hybridized carbons (Fsp3) is 0.400. The van der Waals surface area contributed by atoms with E-state index in [2.05, 4.69) is 41.8 Å². The number of hydrogen-bond donors (Lipinski definition) is 1. The Bertz CT molecular complexity index is 286. The highest BCUT2D eigenvalue weighted by atomic mass is 127. The van der Waals surface area contributed by atoms with Crippen LogP contribution in [-0.4, -0.2) is 13.2 Å². The molecule has 0 aromatic heterocycles. The first kappa shape index (κ1) is 10.6. The van der Waals surface area contributed by atoms with E-state index >= 15 is 0 Å². The van der Waals surface area contributed by atoms with E-state index in [1.54, 1.807) is 7.11 Å². The van der Waals surface area contributed by atoms with Crippen molar-refractivity contribution in [1.29, 1.82) is 0 Å². The number of anilines is 1. The zero-order valence-electron chi connectivity index (χ0n) is 8.10. The molecule has 0 heterocycles. The molecule has 0 aliphatic heterocycles. The summed E-state index contributed by atoms with van der Waals surface area (Å²) in [5.41, 5.74) is 1.16. The van der Waals surface area contributed by atoms with Crippen molar-refractivity contribution in [2.75, 3.05) is 12.4 Å². The Labute approximate surface area is 92.8 Å². The summed E-state index contributed by atoms with van der Waals surface area (Å²) >= 11 is 2.30. The third-order valence-corrected chi connectivity index (χ3v) is 2.51. The smallest absolute Gasteiger partial charge is 0.120 e. The molecule has 1 aromatic rings. The van der Waals surface area contributed by atoms with Crippen molar-refractivity contribution < 1.29 is 4.74 Å². The third-order valence-electron chi connectivity index (χ3n) is 1.62. The summed E-state index contributed by atoms with van der Waals surface area (Å²) in [5, 5.41) is 3.36. The Morgan fingerprint density at radius 1 is 1.38 bits per heavy atom. The van der Waals surface area contributed by atoms with Crippen molar-refractivity contribution in [2.24, 2.45) is 0 Å². The first-order valence-corrected chi connectivity index (χ1v) is 5.31. The minimum Gasteiger partial charge on any atom is -0.497 e. The first-order chi connectivity index (χ1) is 6.13. The highest BCUT2D eigenvalue weighted by Crippen LogP contribution is 2.23. The monoisotopic (exact) mass is 291 g/mol. The predicted octanol–water partition coefficient (Wildman–Crippen LogP) is 3.12. The average Bonchev–Trinajstić information content (AvgIpc) is 2.08. The largest absolute Gasteiger partial charge is 0.497 e. The van der Waals surface area contributed by atoms with Crippen LogP contribution in [0, 0.1) is 3.57 Å². The molecule has 0 fully saturated rings. The maximum absolute atomic E-state index is 5.12. The molecule has 0 saturated heterocycles. The molecule has 0 bridgehead atoms. The van der Waals surface area contributed by atoms with E-state index in [0.717, 1.165) is 11.4 Å². The van der Waals surface area contributed by atoms with Crippen LogP contribution in [0.2, 0.25) is 0 Å². The van der Waals surface area contributed by atoms with Gasteiger partial charge in [-0.05, 0) is 54.6 Å². The Balaban J connectivity index is 2.85. The van der Waals surface area contributed by atoms with Crippen LogP contribution >= 0.6 is 22.6 Å². The molecule has 72 valence electrons. The van der Waals surface area contributed by atoms with Gasteiger partial charge in [0.2, 0.25) is 0 Å². The van der Waals surface area contributed by atoms with Crippen LogP contribution in [-0.2, 0) is 0 Å². The summed E-state index contributed by atoms with van der Waals surface area (Å²) in [7, 11) is 1.68. The lowest BCUT2D eigenvalue weighted by atomic mass is 10.3. The van der Waals surface area contributed by atoms with Gasteiger partial charge in [0.05, 0.1) is 7.11 Å². The molecule has 0 atom stereocenters. The van der Waals surface area contributed by atoms with Gasteiger partial charge in [-0.2, -0.15) is 0 Å². The van der Waals surface area contributed by atoms with Gasteiger partial charge in [-0.15, -0.1) is 0 Å². The van der Waals surface area contributed by atoms with Crippen molar-refractivity contribution in [3.05, 3.63) is 21.8 Å². The van der Waals surface area contributed by atoms with E-state index in [9.17, 15) is 0 Å². The number of benzene rings is 1. The Morgan fingerprint density at radius 2 is 2.08 bits per heavy atom. The minimum atomic E-state index is 0.460. The van der Waals surface area contributed by atoms with Crippen molar-refractivity contribution in [3.8, 4) is 5.75 Å². The second-order valence-electron chi connectivity index (χ2n) is 3.14. The molecule has 2 nitrogen and oxygen atoms in total. The van der Waals surface area contributed by atoms with Gasteiger partial charge >= 0.3 is 0 Å². The van der Waals surface area contributed by atoms with Gasteiger partial charge in [-0.25, -0.2) is 0 Å². The Kier molecular flexibility index (Phi) is 3.84. The molecular formula is C10H14INO. The number of hydrogen-bond acceptors (Lipinski definition) is 2. The number of rotatable bonds is 3. The molecule has 0 unspecified atom stereocenters. The third kappa shape index (κ3) is 3.06. The number of nitrogens with one attached hydrogen (secondary N) is 1. The molecule has 0 amide bonds. The molecular weight excluding hydrogens is 277 g/mol. The summed E-state index contributed by atoms with van der Waals surface area (Å²) in [5.74, 6) is 0.902. The molecule has 0 aliphatic rings. The maximum atomic E-state index is 5.12. The highest BCUT2D eigenvalue weighted by Gasteiger charge is 2.01. The van der Waals surface area contributed by atoms with E-state index in [4.69, 9.17) is 4.74 Å². The Morgan fingerprint density at radius 3 is 2.54 bits per heavy atom. The Hall–Kier alpha value is -0.450. The molecule has 0 spiro atoms. The topological polar surface area (TPSA) is 21.3 Å². The van der Waals surface area contributed by atoms with Gasteiger partial charge in [-0.3, -0.25) is 0 Å². The van der Waals surface area contributed by atoms with Gasteiger partial charge in [0.1, 0.15) is 5.75 Å². The summed E-state index contributed by atoms with van der Waals surface area (Å²) in [6, 6.07) is 6.49. The lowest BCUT2D eigenvalue weighted by molar-refractivity contribution is 0.414. The highest BCUT2D eigenvalue weighted by molar-refractivity contribution is 14.1. The standard InChI is InChI=1S/C10H14INO/c1-7(2)12-10-5-4-8(13-3)6-9(10)11/h4-7,12H,1-3H3. The maximum Gasteiger partial charge on any atom is 0.120 e. The summed E-state index contributed by atoms with van der Waals surface area (Å²) in [6.45, 7) is 4.25. The lowest BCUT2D eigenvalue weighted by Crippen LogP contribution is -2.10. The van der Waals surface area contributed by atoms with Crippen LogP contribution < -0.4 is 10.1 Å². The molecule has 0 radical (unpaired) electrons. The van der Waals surface area contributed by atoms with Gasteiger partial charge < -0.3 is 10.1 Å². The second kappa shape index (κ2) is 4.69. The van der Waals surface area contributed by atoms with Crippen LogP contribution in [0.3, 0.4) is 0 Å². The van der Waals surface area contributed by atoms with E-state index in [1.807, 2.05) is 18.2 Å². The van der Waals surface area contributed by atoms with Gasteiger partial charge in [0, 0.05) is 15.3 Å². The van der Waals surface area contributed by atoms with Crippen LogP contribution in [0.4, 0.5) is 5.69 Å². The average molecular weight is 291 g/mol. The van der Waals surface area contributed by atoms with Crippen LogP contribution in [0.1, 0.15) is 13.8 Å². The molecule has 1 N–H and O–H groups in total. The first-order valence-electron chi connectivity index (χ1n) is 4.23. The zero-order chi connectivity index (χ0) is 9.84. The zero-order valence-corrected chi connectivity index (χ0v) is 10.3. The second-order valence-corrected chi connectivity index (χ2v) is 4.31. The quantitative estimate of drug-likeness (QED) is 0.864.